The molecule has 1 heterocycles. The van der Waals surface area contributed by atoms with E-state index >= 15 is 0 Å². The molecule has 0 radical (unpaired) electrons. The number of likely N-dealkylation sites (tertiary alicyclic amines) is 1. The summed E-state index contributed by atoms with van der Waals surface area (Å²) in [6.45, 7) is 2.88. The lowest BCUT2D eigenvalue weighted by Crippen LogP contribution is -2.30. The summed E-state index contributed by atoms with van der Waals surface area (Å²) in [4.78, 5) is 25.8. The molecule has 0 aliphatic carbocycles. The van der Waals surface area contributed by atoms with Crippen molar-refractivity contribution in [1.82, 2.24) is 4.90 Å². The van der Waals surface area contributed by atoms with Gasteiger partial charge in [0.1, 0.15) is 5.75 Å². The molecule has 1 N–H and O–H groups in total. The lowest BCUT2D eigenvalue weighted by Gasteiger charge is -2.27. The van der Waals surface area contributed by atoms with E-state index in [0.717, 1.165) is 16.9 Å². The molecule has 0 spiro atoms. The SMILES string of the molecule is CCOc1ccc([C@@H]2[C@@H](C(=O)O)CC(=O)N2Cc2ccccc2)cc1. The first-order chi connectivity index (χ1) is 12.1. The number of amides is 1. The first kappa shape index (κ1) is 17.0. The number of ether oxygens (including phenoxy) is 1. The molecule has 5 nitrogen and oxygen atoms in total. The lowest BCUT2D eigenvalue weighted by atomic mass is 9.93. The Morgan fingerprint density at radius 2 is 1.84 bits per heavy atom. The Labute approximate surface area is 146 Å². The van der Waals surface area contributed by atoms with Gasteiger partial charge in [0, 0.05) is 13.0 Å². The average molecular weight is 339 g/mol. The summed E-state index contributed by atoms with van der Waals surface area (Å²) in [7, 11) is 0. The van der Waals surface area contributed by atoms with Crippen LogP contribution in [-0.4, -0.2) is 28.5 Å². The van der Waals surface area contributed by atoms with Gasteiger partial charge in [-0.2, -0.15) is 0 Å². The zero-order valence-electron chi connectivity index (χ0n) is 14.1. The number of carboxylic acid groups (broad SMARTS) is 1. The zero-order chi connectivity index (χ0) is 17.8. The van der Waals surface area contributed by atoms with Gasteiger partial charge in [-0.05, 0) is 30.2 Å². The molecule has 0 unspecified atom stereocenters. The summed E-state index contributed by atoms with van der Waals surface area (Å²) in [6.07, 6.45) is 0.0278. The number of nitrogens with zero attached hydrogens (tertiary/aromatic N) is 1. The van der Waals surface area contributed by atoms with Crippen molar-refractivity contribution in [2.24, 2.45) is 5.92 Å². The van der Waals surface area contributed by atoms with Crippen LogP contribution in [0, 0.1) is 5.92 Å². The Bertz CT molecular complexity index is 742. The number of hydrogen-bond acceptors (Lipinski definition) is 3. The van der Waals surface area contributed by atoms with Gasteiger partial charge in [-0.25, -0.2) is 0 Å². The van der Waals surface area contributed by atoms with Crippen LogP contribution in [0.2, 0.25) is 0 Å². The molecule has 2 aromatic carbocycles. The summed E-state index contributed by atoms with van der Waals surface area (Å²) >= 11 is 0. The fourth-order valence-corrected chi connectivity index (χ4v) is 3.32. The zero-order valence-corrected chi connectivity index (χ0v) is 14.1. The van der Waals surface area contributed by atoms with E-state index in [9.17, 15) is 14.7 Å². The third kappa shape index (κ3) is 3.65. The summed E-state index contributed by atoms with van der Waals surface area (Å²) in [5.74, 6) is -1.08. The number of aliphatic carboxylic acids is 1. The molecule has 2 atom stereocenters. The molecule has 2 aromatic rings. The molecular weight excluding hydrogens is 318 g/mol. The molecule has 0 saturated carbocycles. The third-order valence-electron chi connectivity index (χ3n) is 4.48. The minimum absolute atomic E-state index is 0.0278. The van der Waals surface area contributed by atoms with Crippen molar-refractivity contribution in [1.29, 1.82) is 0 Å². The normalized spacial score (nSPS) is 19.9. The standard InChI is InChI=1S/C20H21NO4/c1-2-25-16-10-8-15(9-11-16)19-17(20(23)24)12-18(22)21(19)13-14-6-4-3-5-7-14/h3-11,17,19H,2,12-13H2,1H3,(H,23,24)/t17-,19+/m0/s1. The highest BCUT2D eigenvalue weighted by Crippen LogP contribution is 2.39. The summed E-state index contributed by atoms with van der Waals surface area (Å²) < 4.78 is 5.44. The van der Waals surface area contributed by atoms with Crippen LogP contribution in [0.1, 0.15) is 30.5 Å². The monoisotopic (exact) mass is 339 g/mol. The van der Waals surface area contributed by atoms with Crippen LogP contribution < -0.4 is 4.74 Å². The second kappa shape index (κ2) is 7.38. The summed E-state index contributed by atoms with van der Waals surface area (Å²) in [5.41, 5.74) is 1.80. The Kier molecular flexibility index (Phi) is 5.03. The molecule has 130 valence electrons. The van der Waals surface area contributed by atoms with Gasteiger partial charge in [-0.15, -0.1) is 0 Å². The van der Waals surface area contributed by atoms with Gasteiger partial charge in [-0.1, -0.05) is 42.5 Å². The third-order valence-corrected chi connectivity index (χ3v) is 4.48. The number of carbonyl (C=O) groups excluding carboxylic acids is 1. The Balaban J connectivity index is 1.91. The molecule has 0 bridgehead atoms. The maximum Gasteiger partial charge on any atom is 0.309 e. The second-order valence-electron chi connectivity index (χ2n) is 6.10. The molecule has 1 saturated heterocycles. The Morgan fingerprint density at radius 1 is 1.16 bits per heavy atom. The van der Waals surface area contributed by atoms with Crippen molar-refractivity contribution in [3.05, 3.63) is 65.7 Å². The maximum atomic E-state index is 12.5. The fourth-order valence-electron chi connectivity index (χ4n) is 3.32. The molecule has 5 heteroatoms. The van der Waals surface area contributed by atoms with Crippen LogP contribution in [0.5, 0.6) is 5.75 Å². The highest BCUT2D eigenvalue weighted by atomic mass is 16.5. The van der Waals surface area contributed by atoms with Crippen LogP contribution in [-0.2, 0) is 16.1 Å². The summed E-state index contributed by atoms with van der Waals surface area (Å²) in [6, 6.07) is 16.5. The second-order valence-corrected chi connectivity index (χ2v) is 6.10. The molecule has 0 aromatic heterocycles. The van der Waals surface area contributed by atoms with Crippen molar-refractivity contribution in [2.75, 3.05) is 6.61 Å². The topological polar surface area (TPSA) is 66.8 Å². The Morgan fingerprint density at radius 3 is 2.44 bits per heavy atom. The van der Waals surface area contributed by atoms with Crippen LogP contribution in [0.3, 0.4) is 0 Å². The van der Waals surface area contributed by atoms with E-state index in [-0.39, 0.29) is 12.3 Å². The number of rotatable bonds is 6. The van der Waals surface area contributed by atoms with Gasteiger partial charge in [0.05, 0.1) is 18.6 Å². The van der Waals surface area contributed by atoms with Gasteiger partial charge in [-0.3, -0.25) is 9.59 Å². The maximum absolute atomic E-state index is 12.5. The van der Waals surface area contributed by atoms with Crippen molar-refractivity contribution in [3.8, 4) is 5.75 Å². The molecule has 25 heavy (non-hydrogen) atoms. The first-order valence-corrected chi connectivity index (χ1v) is 8.39. The van der Waals surface area contributed by atoms with Crippen LogP contribution in [0.4, 0.5) is 0 Å². The molecular formula is C20H21NO4. The fraction of sp³-hybridized carbons (Fsp3) is 0.300. The highest BCUT2D eigenvalue weighted by Gasteiger charge is 2.44. The van der Waals surface area contributed by atoms with Crippen LogP contribution >= 0.6 is 0 Å². The Hall–Kier alpha value is -2.82. The molecule has 1 amide bonds. The largest absolute Gasteiger partial charge is 0.494 e. The van der Waals surface area contributed by atoms with Crippen molar-refractivity contribution < 1.29 is 19.4 Å². The van der Waals surface area contributed by atoms with E-state index < -0.39 is 17.9 Å². The number of carbonyl (C=O) groups is 2. The van der Waals surface area contributed by atoms with Gasteiger partial charge >= 0.3 is 5.97 Å². The van der Waals surface area contributed by atoms with Crippen molar-refractivity contribution in [2.45, 2.75) is 25.9 Å². The van der Waals surface area contributed by atoms with Gasteiger partial charge < -0.3 is 14.7 Å². The smallest absolute Gasteiger partial charge is 0.309 e. The predicted molar refractivity (Wildman–Crippen MR) is 93.1 cm³/mol. The minimum Gasteiger partial charge on any atom is -0.494 e. The van der Waals surface area contributed by atoms with Gasteiger partial charge in [0.2, 0.25) is 5.91 Å². The van der Waals surface area contributed by atoms with E-state index in [1.807, 2.05) is 61.5 Å². The van der Waals surface area contributed by atoms with Crippen LogP contribution in [0.15, 0.2) is 54.6 Å². The van der Waals surface area contributed by atoms with Crippen LogP contribution in [0.25, 0.3) is 0 Å². The van der Waals surface area contributed by atoms with E-state index in [2.05, 4.69) is 0 Å². The number of carboxylic acids is 1. The van der Waals surface area contributed by atoms with E-state index in [1.54, 1.807) is 4.90 Å². The average Bonchev–Trinajstić information content (AvgIpc) is 2.94. The predicted octanol–water partition coefficient (Wildman–Crippen LogP) is 3.26. The summed E-state index contributed by atoms with van der Waals surface area (Å²) in [5, 5.41) is 9.58. The van der Waals surface area contributed by atoms with Gasteiger partial charge in [0.25, 0.3) is 0 Å². The molecule has 1 aliphatic heterocycles. The molecule has 1 fully saturated rings. The van der Waals surface area contributed by atoms with E-state index in [4.69, 9.17) is 4.74 Å². The molecule has 3 rings (SSSR count). The number of benzene rings is 2. The van der Waals surface area contributed by atoms with E-state index in [1.165, 1.54) is 0 Å². The quantitative estimate of drug-likeness (QED) is 0.877. The van der Waals surface area contributed by atoms with Crippen molar-refractivity contribution in [3.63, 3.8) is 0 Å². The molecule has 1 aliphatic rings. The number of hydrogen-bond donors (Lipinski definition) is 1. The minimum atomic E-state index is -0.942. The van der Waals surface area contributed by atoms with E-state index in [0.29, 0.717) is 13.2 Å². The highest BCUT2D eigenvalue weighted by molar-refractivity contribution is 5.87. The van der Waals surface area contributed by atoms with Crippen molar-refractivity contribution >= 4 is 11.9 Å². The lowest BCUT2D eigenvalue weighted by molar-refractivity contribution is -0.142. The first-order valence-electron chi connectivity index (χ1n) is 8.39. The van der Waals surface area contributed by atoms with Gasteiger partial charge in [0.15, 0.2) is 0 Å².